The lowest BCUT2D eigenvalue weighted by Crippen LogP contribution is -2.38. The zero-order valence-electron chi connectivity index (χ0n) is 20.3. The van der Waals surface area contributed by atoms with Gasteiger partial charge in [0.25, 0.3) is 11.8 Å². The maximum Gasteiger partial charge on any atom is 0.265 e. The molecule has 0 atom stereocenters. The Morgan fingerprint density at radius 3 is 2.35 bits per heavy atom. The van der Waals surface area contributed by atoms with Gasteiger partial charge in [0.1, 0.15) is 23.9 Å². The molecule has 7 heteroatoms. The van der Waals surface area contributed by atoms with Crippen LogP contribution in [0.3, 0.4) is 0 Å². The molecule has 4 aromatic rings. The highest BCUT2D eigenvalue weighted by atomic mass is 16.5. The van der Waals surface area contributed by atoms with Crippen LogP contribution in [0.15, 0.2) is 97.1 Å². The number of methoxy groups -OCH3 is 1. The molecule has 1 aliphatic heterocycles. The minimum Gasteiger partial charge on any atom is -0.497 e. The number of nitrogens with one attached hydrogen (secondary N) is 1. The Morgan fingerprint density at radius 2 is 1.62 bits per heavy atom. The van der Waals surface area contributed by atoms with Crippen molar-refractivity contribution >= 4 is 23.2 Å². The number of carbonyl (C=O) groups is 2. The Balaban J connectivity index is 1.24. The van der Waals surface area contributed by atoms with Crippen LogP contribution in [0, 0.1) is 0 Å². The Bertz CT molecular complexity index is 1390. The molecule has 0 spiro atoms. The van der Waals surface area contributed by atoms with Crippen LogP contribution < -0.4 is 24.4 Å². The van der Waals surface area contributed by atoms with Gasteiger partial charge in [-0.05, 0) is 65.7 Å². The number of hydrogen-bond acceptors (Lipinski definition) is 5. The zero-order valence-corrected chi connectivity index (χ0v) is 20.3. The number of amides is 2. The van der Waals surface area contributed by atoms with E-state index in [-0.39, 0.29) is 18.4 Å². The molecule has 37 heavy (non-hydrogen) atoms. The number of fused-ring (bicyclic) bond motifs is 1. The fourth-order valence-corrected chi connectivity index (χ4v) is 4.01. The van der Waals surface area contributed by atoms with Gasteiger partial charge in [-0.15, -0.1) is 0 Å². The lowest BCUT2D eigenvalue weighted by molar-refractivity contribution is -0.121. The summed E-state index contributed by atoms with van der Waals surface area (Å²) in [5.41, 5.74) is 3.75. The number of nitrogens with zero attached hydrogens (tertiary/aromatic N) is 1. The Kier molecular flexibility index (Phi) is 7.03. The zero-order chi connectivity index (χ0) is 25.6. The molecule has 0 saturated carbocycles. The number of rotatable bonds is 8. The minimum atomic E-state index is -0.275. The summed E-state index contributed by atoms with van der Waals surface area (Å²) in [5, 5.41) is 2.89. The molecule has 1 N–H and O–H groups in total. The largest absolute Gasteiger partial charge is 0.497 e. The van der Waals surface area contributed by atoms with Crippen LogP contribution in [-0.2, 0) is 17.9 Å². The Hall–Kier alpha value is -4.78. The summed E-state index contributed by atoms with van der Waals surface area (Å²) in [4.78, 5) is 27.2. The van der Waals surface area contributed by atoms with Gasteiger partial charge >= 0.3 is 0 Å². The Labute approximate surface area is 215 Å². The number of carbonyl (C=O) groups excluding carboxylic acids is 2. The van der Waals surface area contributed by atoms with Crippen LogP contribution in [0.5, 0.6) is 17.2 Å². The average molecular weight is 495 g/mol. The molecule has 0 bridgehead atoms. The van der Waals surface area contributed by atoms with E-state index in [9.17, 15) is 9.59 Å². The van der Waals surface area contributed by atoms with Crippen molar-refractivity contribution in [1.82, 2.24) is 0 Å². The van der Waals surface area contributed by atoms with Crippen LogP contribution in [-0.4, -0.2) is 25.5 Å². The first kappa shape index (κ1) is 23.9. The quantitative estimate of drug-likeness (QED) is 0.352. The first-order valence-electron chi connectivity index (χ1n) is 11.9. The molecule has 0 aromatic heterocycles. The molecular formula is C30H26N2O5. The van der Waals surface area contributed by atoms with Crippen molar-refractivity contribution < 1.29 is 23.8 Å². The third-order valence-electron chi connectivity index (χ3n) is 6.03. The van der Waals surface area contributed by atoms with Crippen molar-refractivity contribution in [3.63, 3.8) is 0 Å². The molecule has 4 aromatic carbocycles. The van der Waals surface area contributed by atoms with E-state index in [1.807, 2.05) is 66.7 Å². The van der Waals surface area contributed by atoms with Crippen LogP contribution in [0.25, 0.3) is 0 Å². The lowest BCUT2D eigenvalue weighted by atomic mass is 10.1. The van der Waals surface area contributed by atoms with E-state index in [2.05, 4.69) is 5.32 Å². The Morgan fingerprint density at radius 1 is 0.892 bits per heavy atom. The van der Waals surface area contributed by atoms with Crippen molar-refractivity contribution in [2.24, 2.45) is 0 Å². The van der Waals surface area contributed by atoms with E-state index in [1.54, 1.807) is 42.3 Å². The minimum absolute atomic E-state index is 0.0847. The van der Waals surface area contributed by atoms with Gasteiger partial charge in [0.15, 0.2) is 6.61 Å². The van der Waals surface area contributed by atoms with E-state index < -0.39 is 0 Å². The average Bonchev–Trinajstić information content (AvgIpc) is 2.95. The highest BCUT2D eigenvalue weighted by Crippen LogP contribution is 2.34. The first-order chi connectivity index (χ1) is 18.1. The van der Waals surface area contributed by atoms with Crippen LogP contribution in [0.2, 0.25) is 0 Å². The maximum absolute atomic E-state index is 12.9. The summed E-state index contributed by atoms with van der Waals surface area (Å²) < 4.78 is 16.7. The van der Waals surface area contributed by atoms with Crippen molar-refractivity contribution in [2.75, 3.05) is 23.9 Å². The number of anilines is 2. The van der Waals surface area contributed by atoms with Crippen molar-refractivity contribution in [1.29, 1.82) is 0 Å². The molecule has 0 radical (unpaired) electrons. The second kappa shape index (κ2) is 10.9. The lowest BCUT2D eigenvalue weighted by Gasteiger charge is -2.29. The molecule has 0 aliphatic carbocycles. The number of hydrogen-bond donors (Lipinski definition) is 1. The standard InChI is InChI=1S/C30H26N2O5/c1-35-25-12-7-21(8-13-25)18-32-27-16-9-23(17-28(27)37-20-29(32)33)30(34)31-24-10-14-26(15-11-24)36-19-22-5-3-2-4-6-22/h2-17H,18-20H2,1H3,(H,31,34). The van der Waals surface area contributed by atoms with Crippen LogP contribution in [0.1, 0.15) is 21.5 Å². The highest BCUT2D eigenvalue weighted by Gasteiger charge is 2.26. The summed E-state index contributed by atoms with van der Waals surface area (Å²) in [6.07, 6.45) is 0. The summed E-state index contributed by atoms with van der Waals surface area (Å²) in [6.45, 7) is 0.780. The molecular weight excluding hydrogens is 468 g/mol. The van der Waals surface area contributed by atoms with E-state index in [1.165, 1.54) is 0 Å². The predicted octanol–water partition coefficient (Wildman–Crippen LogP) is 5.45. The smallest absolute Gasteiger partial charge is 0.265 e. The molecule has 186 valence electrons. The van der Waals surface area contributed by atoms with E-state index in [4.69, 9.17) is 14.2 Å². The van der Waals surface area contributed by atoms with Gasteiger partial charge in [0.05, 0.1) is 19.3 Å². The van der Waals surface area contributed by atoms with Gasteiger partial charge in [0.2, 0.25) is 0 Å². The molecule has 0 saturated heterocycles. The molecule has 1 heterocycles. The van der Waals surface area contributed by atoms with Crippen LogP contribution in [0.4, 0.5) is 11.4 Å². The van der Waals surface area contributed by atoms with E-state index in [0.717, 1.165) is 16.9 Å². The van der Waals surface area contributed by atoms with E-state index >= 15 is 0 Å². The van der Waals surface area contributed by atoms with Gasteiger partial charge < -0.3 is 24.4 Å². The van der Waals surface area contributed by atoms with E-state index in [0.29, 0.717) is 41.6 Å². The highest BCUT2D eigenvalue weighted by molar-refractivity contribution is 6.06. The third kappa shape index (κ3) is 5.73. The molecule has 2 amide bonds. The van der Waals surface area contributed by atoms with Gasteiger partial charge in [-0.2, -0.15) is 0 Å². The SMILES string of the molecule is COc1ccc(CN2C(=O)COc3cc(C(=O)Nc4ccc(OCc5ccccc5)cc4)ccc32)cc1. The predicted molar refractivity (Wildman–Crippen MR) is 141 cm³/mol. The van der Waals surface area contributed by atoms with Gasteiger partial charge in [0, 0.05) is 11.3 Å². The molecule has 0 unspecified atom stereocenters. The molecule has 1 aliphatic rings. The normalized spacial score (nSPS) is 12.4. The fourth-order valence-electron chi connectivity index (χ4n) is 4.01. The second-order valence-electron chi connectivity index (χ2n) is 8.55. The molecule has 0 fully saturated rings. The van der Waals surface area contributed by atoms with Gasteiger partial charge in [-0.3, -0.25) is 9.59 Å². The third-order valence-corrected chi connectivity index (χ3v) is 6.03. The van der Waals surface area contributed by atoms with Crippen molar-refractivity contribution in [3.8, 4) is 17.2 Å². The van der Waals surface area contributed by atoms with Gasteiger partial charge in [-0.1, -0.05) is 42.5 Å². The molecule has 5 rings (SSSR count). The van der Waals surface area contributed by atoms with Crippen molar-refractivity contribution in [2.45, 2.75) is 13.2 Å². The topological polar surface area (TPSA) is 77.1 Å². The number of benzene rings is 4. The first-order valence-corrected chi connectivity index (χ1v) is 11.9. The van der Waals surface area contributed by atoms with Crippen molar-refractivity contribution in [3.05, 3.63) is 114 Å². The fraction of sp³-hybridized carbons (Fsp3) is 0.133. The van der Waals surface area contributed by atoms with Crippen LogP contribution >= 0.6 is 0 Å². The number of ether oxygens (including phenoxy) is 3. The summed E-state index contributed by atoms with van der Waals surface area (Å²) >= 11 is 0. The molecule has 7 nitrogen and oxygen atoms in total. The summed E-state index contributed by atoms with van der Waals surface area (Å²) in [5.74, 6) is 1.54. The maximum atomic E-state index is 12.9. The second-order valence-corrected chi connectivity index (χ2v) is 8.55. The summed E-state index contributed by atoms with van der Waals surface area (Å²) in [7, 11) is 1.61. The monoisotopic (exact) mass is 494 g/mol. The summed E-state index contributed by atoms with van der Waals surface area (Å²) in [6, 6.07) is 29.8. The van der Waals surface area contributed by atoms with Gasteiger partial charge in [-0.25, -0.2) is 0 Å².